The fraction of sp³-hybridized carbons (Fsp3) is 0.0192. The first-order chi connectivity index (χ1) is 27.7. The van der Waals surface area contributed by atoms with Crippen LogP contribution in [-0.4, -0.2) is 13.1 Å². The SMILES string of the molecule is C#CC#CC#CC#CC#CC#CC#CC#CC#CC#CC#COc1cc(OC#CC#CC#CC#CC#CC#CC#CC#CC#CC#CC#C)cc(C(=O)OC)c1. The molecular formula is C52H8O4. The van der Waals surface area contributed by atoms with Crippen LogP contribution in [0.2, 0.25) is 0 Å². The van der Waals surface area contributed by atoms with E-state index in [0.29, 0.717) is 0 Å². The van der Waals surface area contributed by atoms with Crippen LogP contribution in [0.3, 0.4) is 0 Å². The fourth-order valence-electron chi connectivity index (χ4n) is 2.28. The van der Waals surface area contributed by atoms with Gasteiger partial charge in [-0.05, 0) is 107 Å². The molecule has 1 aromatic carbocycles. The fourth-order valence-corrected chi connectivity index (χ4v) is 2.28. The van der Waals surface area contributed by atoms with E-state index in [1.807, 2.05) is 0 Å². The highest BCUT2D eigenvalue weighted by Crippen LogP contribution is 2.23. The molecule has 56 heavy (non-hydrogen) atoms. The summed E-state index contributed by atoms with van der Waals surface area (Å²) in [5.41, 5.74) is 0.122. The van der Waals surface area contributed by atoms with E-state index in [1.165, 1.54) is 25.3 Å². The van der Waals surface area contributed by atoms with Crippen molar-refractivity contribution >= 4 is 5.97 Å². The highest BCUT2D eigenvalue weighted by atomic mass is 16.5. The number of esters is 1. The molecule has 0 aliphatic heterocycles. The van der Waals surface area contributed by atoms with Crippen molar-refractivity contribution in [2.75, 3.05) is 7.11 Å². The molecule has 0 aliphatic rings. The number of methoxy groups -OCH3 is 1. The average Bonchev–Trinajstić information content (AvgIpc) is 3.21. The quantitative estimate of drug-likeness (QED) is 0.355. The van der Waals surface area contributed by atoms with Crippen LogP contribution in [-0.2, 0) is 4.74 Å². The van der Waals surface area contributed by atoms with Gasteiger partial charge < -0.3 is 14.2 Å². The van der Waals surface area contributed by atoms with Gasteiger partial charge in [0.15, 0.2) is 0 Å². The molecule has 0 amide bonds. The van der Waals surface area contributed by atoms with Crippen LogP contribution in [0.15, 0.2) is 18.2 Å². The lowest BCUT2D eigenvalue weighted by atomic mass is 10.2. The number of terminal acetylenes is 2. The maximum absolute atomic E-state index is 12.1. The lowest BCUT2D eigenvalue weighted by Crippen LogP contribution is -2.02. The summed E-state index contributed by atoms with van der Waals surface area (Å²) in [7, 11) is 1.22. The molecule has 4 heteroatoms. The molecule has 0 saturated carbocycles. The number of carbonyl (C=O) groups is 1. The van der Waals surface area contributed by atoms with Crippen molar-refractivity contribution in [1.29, 1.82) is 0 Å². The number of carbonyl (C=O) groups excluding carboxylic acids is 1. The topological polar surface area (TPSA) is 44.8 Å². The lowest BCUT2D eigenvalue weighted by Gasteiger charge is -2.05. The van der Waals surface area contributed by atoms with Gasteiger partial charge in [-0.25, -0.2) is 4.79 Å². The van der Waals surface area contributed by atoms with Crippen LogP contribution in [0.1, 0.15) is 10.4 Å². The molecule has 1 aromatic rings. The summed E-state index contributed by atoms with van der Waals surface area (Å²) in [5, 5.41) is 0. The van der Waals surface area contributed by atoms with Crippen LogP contribution >= 0.6 is 0 Å². The standard InChI is InChI=1S/C52H8O4/c1-4-6-8-10-12-14-16-18-20-22-24-26-28-30-32-34-36-38-40-42-44-55-50-46-49(52(53)54-3)47-51(48-50)56-45-43-41-39-37-35-33-31-29-27-25-23-21-19-17-15-13-11-9-7-5-2/h1-2,46-48H,3H3. The number of rotatable bonds is 3. The van der Waals surface area contributed by atoms with Gasteiger partial charge >= 0.3 is 5.97 Å². The molecule has 0 bridgehead atoms. The Bertz CT molecular complexity index is 3010. The second-order valence-electron chi connectivity index (χ2n) is 7.63. The summed E-state index contributed by atoms with van der Waals surface area (Å²) in [4.78, 5) is 12.1. The Morgan fingerprint density at radius 2 is 0.571 bits per heavy atom. The van der Waals surface area contributed by atoms with Gasteiger partial charge in [-0.1, -0.05) is 0 Å². The van der Waals surface area contributed by atoms with Crippen molar-refractivity contribution < 1.29 is 19.0 Å². The molecular weight excluding hydrogens is 689 g/mol. The molecule has 0 radical (unpaired) electrons. The van der Waals surface area contributed by atoms with E-state index in [4.69, 9.17) is 27.1 Å². The van der Waals surface area contributed by atoms with E-state index in [-0.39, 0.29) is 17.1 Å². The van der Waals surface area contributed by atoms with Gasteiger partial charge in [0, 0.05) is 148 Å². The van der Waals surface area contributed by atoms with Gasteiger partial charge in [0.1, 0.15) is 23.7 Å². The average molecular weight is 697 g/mol. The predicted octanol–water partition coefficient (Wildman–Crippen LogP) is 1.48. The molecule has 0 unspecified atom stereocenters. The molecule has 0 atom stereocenters. The Balaban J connectivity index is 2.72. The second-order valence-corrected chi connectivity index (χ2v) is 7.63. The van der Waals surface area contributed by atoms with Crippen molar-refractivity contribution in [2.24, 2.45) is 0 Å². The molecule has 240 valence electrons. The summed E-state index contributed by atoms with van der Waals surface area (Å²) in [6.45, 7) is 0. The maximum atomic E-state index is 12.1. The van der Waals surface area contributed by atoms with E-state index in [1.54, 1.807) is 0 Å². The molecule has 0 saturated heterocycles. The number of ether oxygens (including phenoxy) is 3. The third kappa shape index (κ3) is 26.7. The van der Waals surface area contributed by atoms with Gasteiger partial charge in [0.25, 0.3) is 0 Å². The summed E-state index contributed by atoms with van der Waals surface area (Å²) < 4.78 is 15.4. The molecule has 4 nitrogen and oxygen atoms in total. The molecule has 0 heterocycles. The number of hydrogen-bond acceptors (Lipinski definition) is 4. The van der Waals surface area contributed by atoms with Crippen LogP contribution < -0.4 is 9.47 Å². The van der Waals surface area contributed by atoms with Crippen LogP contribution in [0.25, 0.3) is 0 Å². The Hall–Kier alpha value is -11.4. The first-order valence-corrected chi connectivity index (χ1v) is 14.2. The summed E-state index contributed by atoms with van der Waals surface area (Å²) in [5.74, 6) is 97.5. The molecule has 0 spiro atoms. The van der Waals surface area contributed by atoms with Crippen molar-refractivity contribution in [3.8, 4) is 273 Å². The van der Waals surface area contributed by atoms with Gasteiger partial charge in [-0.2, -0.15) is 0 Å². The lowest BCUT2D eigenvalue weighted by molar-refractivity contribution is 0.0600. The minimum Gasteiger partial charge on any atom is -0.465 e. The van der Waals surface area contributed by atoms with Crippen LogP contribution in [0.4, 0.5) is 0 Å². The zero-order valence-electron chi connectivity index (χ0n) is 28.5. The van der Waals surface area contributed by atoms with Gasteiger partial charge in [-0.15, -0.1) is 12.8 Å². The summed E-state index contributed by atoms with van der Waals surface area (Å²) in [6.07, 6.45) is 14.6. The smallest absolute Gasteiger partial charge is 0.338 e. The highest BCUT2D eigenvalue weighted by molar-refractivity contribution is 5.90. The number of hydrogen-bond donors (Lipinski definition) is 0. The van der Waals surface area contributed by atoms with Crippen LogP contribution in [0.5, 0.6) is 11.5 Å². The van der Waals surface area contributed by atoms with Crippen molar-refractivity contribution in [2.45, 2.75) is 0 Å². The van der Waals surface area contributed by atoms with Gasteiger partial charge in [0.2, 0.25) is 0 Å². The molecule has 0 aromatic heterocycles. The Kier molecular flexibility index (Phi) is 25.5. The Morgan fingerprint density at radius 1 is 0.357 bits per heavy atom. The van der Waals surface area contributed by atoms with Gasteiger partial charge in [-0.3, -0.25) is 0 Å². The van der Waals surface area contributed by atoms with E-state index >= 15 is 0 Å². The van der Waals surface area contributed by atoms with Gasteiger partial charge in [0.05, 0.1) is 12.7 Å². The largest absolute Gasteiger partial charge is 0.465 e. The van der Waals surface area contributed by atoms with E-state index in [9.17, 15) is 4.79 Å². The van der Waals surface area contributed by atoms with E-state index in [2.05, 4.69) is 249 Å². The monoisotopic (exact) mass is 696 g/mol. The minimum atomic E-state index is -0.642. The van der Waals surface area contributed by atoms with Crippen molar-refractivity contribution in [3.63, 3.8) is 0 Å². The zero-order chi connectivity index (χ0) is 40.3. The minimum absolute atomic E-state index is 0.122. The molecule has 0 fully saturated rings. The van der Waals surface area contributed by atoms with Crippen molar-refractivity contribution in [1.82, 2.24) is 0 Å². The molecule has 1 rings (SSSR count). The summed E-state index contributed by atoms with van der Waals surface area (Å²) >= 11 is 0. The molecule has 0 N–H and O–H groups in total. The van der Waals surface area contributed by atoms with E-state index in [0.717, 1.165) is 0 Å². The molecule has 0 aliphatic carbocycles. The third-order valence-corrected chi connectivity index (χ3v) is 4.14. The normalized spacial score (nSPS) is 5.27. The Labute approximate surface area is 328 Å². The highest BCUT2D eigenvalue weighted by Gasteiger charge is 2.10. The maximum Gasteiger partial charge on any atom is 0.338 e. The summed E-state index contributed by atoms with van der Waals surface area (Å²) in [6, 6.07) is 4.22. The first-order valence-electron chi connectivity index (χ1n) is 14.2. The number of benzene rings is 1. The van der Waals surface area contributed by atoms with Crippen LogP contribution in [0, 0.1) is 262 Å². The second kappa shape index (κ2) is 33.5. The first kappa shape index (κ1) is 42.6. The zero-order valence-corrected chi connectivity index (χ0v) is 28.5. The van der Waals surface area contributed by atoms with Crippen molar-refractivity contribution in [3.05, 3.63) is 23.8 Å². The predicted molar refractivity (Wildman–Crippen MR) is 212 cm³/mol. The Morgan fingerprint density at radius 3 is 0.786 bits per heavy atom. The third-order valence-electron chi connectivity index (χ3n) is 4.14. The van der Waals surface area contributed by atoms with E-state index < -0.39 is 5.97 Å².